The first-order chi connectivity index (χ1) is 10.2. The van der Waals surface area contributed by atoms with Crippen molar-refractivity contribution in [1.29, 1.82) is 0 Å². The van der Waals surface area contributed by atoms with Gasteiger partial charge in [0.15, 0.2) is 5.82 Å². The molecule has 2 heterocycles. The fraction of sp³-hybridized carbons (Fsp3) is 0.200. The molecule has 0 aliphatic rings. The Morgan fingerprint density at radius 2 is 1.76 bits per heavy atom. The number of para-hydroxylation sites is 1. The zero-order chi connectivity index (χ0) is 14.8. The molecule has 0 spiro atoms. The largest absolute Gasteiger partial charge is 0.371 e. The van der Waals surface area contributed by atoms with Gasteiger partial charge in [-0.25, -0.2) is 4.68 Å². The van der Waals surface area contributed by atoms with Crippen LogP contribution < -0.4 is 5.32 Å². The molecule has 0 aliphatic carbocycles. The lowest BCUT2D eigenvalue weighted by Gasteiger charge is -2.11. The van der Waals surface area contributed by atoms with Crippen molar-refractivity contribution in [2.45, 2.75) is 13.8 Å². The number of benzene rings is 1. The lowest BCUT2D eigenvalue weighted by Crippen LogP contribution is -2.06. The van der Waals surface area contributed by atoms with Gasteiger partial charge in [-0.1, -0.05) is 23.4 Å². The van der Waals surface area contributed by atoms with Crippen molar-refractivity contribution in [2.24, 2.45) is 0 Å². The Kier molecular flexibility index (Phi) is 3.35. The van der Waals surface area contributed by atoms with Gasteiger partial charge in [-0.05, 0) is 37.1 Å². The van der Waals surface area contributed by atoms with Crippen LogP contribution in [0.25, 0.3) is 17.1 Å². The maximum atomic E-state index is 4.33. The maximum absolute atomic E-state index is 4.33. The monoisotopic (exact) mass is 280 g/mol. The van der Waals surface area contributed by atoms with E-state index in [2.05, 4.69) is 25.8 Å². The number of hydrogen-bond acceptors (Lipinski definition) is 5. The Morgan fingerprint density at radius 3 is 2.48 bits per heavy atom. The number of nitrogens with zero attached hydrogens (tertiary/aromatic N) is 5. The van der Waals surface area contributed by atoms with Crippen molar-refractivity contribution in [1.82, 2.24) is 25.2 Å². The molecule has 0 aliphatic heterocycles. The standard InChI is InChI=1S/C15H16N6/c1-10-11(2)15(16-3)19-18-14(10)13-9-17-20-21(13)12-7-5-4-6-8-12/h4-9H,1-3H3,(H,16,19). The summed E-state index contributed by atoms with van der Waals surface area (Å²) in [7, 11) is 1.84. The van der Waals surface area contributed by atoms with Crippen LogP contribution >= 0.6 is 0 Å². The number of aromatic nitrogens is 5. The Hall–Kier alpha value is -2.76. The van der Waals surface area contributed by atoms with Crippen LogP contribution in [0.15, 0.2) is 36.5 Å². The van der Waals surface area contributed by atoms with Gasteiger partial charge in [0, 0.05) is 7.05 Å². The van der Waals surface area contributed by atoms with E-state index in [1.807, 2.05) is 51.2 Å². The lowest BCUT2D eigenvalue weighted by molar-refractivity contribution is 0.803. The van der Waals surface area contributed by atoms with E-state index in [9.17, 15) is 0 Å². The molecule has 21 heavy (non-hydrogen) atoms. The normalized spacial score (nSPS) is 10.6. The molecular weight excluding hydrogens is 264 g/mol. The van der Waals surface area contributed by atoms with E-state index in [4.69, 9.17) is 0 Å². The van der Waals surface area contributed by atoms with Gasteiger partial charge in [0.1, 0.15) is 11.4 Å². The van der Waals surface area contributed by atoms with E-state index >= 15 is 0 Å². The minimum Gasteiger partial charge on any atom is -0.371 e. The van der Waals surface area contributed by atoms with Crippen LogP contribution in [0.2, 0.25) is 0 Å². The van der Waals surface area contributed by atoms with Gasteiger partial charge in [0.25, 0.3) is 0 Å². The second-order valence-corrected chi connectivity index (χ2v) is 4.76. The third kappa shape index (κ3) is 2.24. The molecule has 106 valence electrons. The first kappa shape index (κ1) is 13.2. The van der Waals surface area contributed by atoms with E-state index in [1.54, 1.807) is 10.9 Å². The summed E-state index contributed by atoms with van der Waals surface area (Å²) in [6.45, 7) is 4.05. The summed E-state index contributed by atoms with van der Waals surface area (Å²) in [5.41, 5.74) is 4.70. The van der Waals surface area contributed by atoms with Crippen molar-refractivity contribution in [3.05, 3.63) is 47.7 Å². The SMILES string of the molecule is CNc1nnc(-c2cnnn2-c2ccccc2)c(C)c1C. The van der Waals surface area contributed by atoms with Crippen molar-refractivity contribution < 1.29 is 0 Å². The minimum atomic E-state index is 0.787. The Balaban J connectivity index is 2.15. The summed E-state index contributed by atoms with van der Waals surface area (Å²) in [5, 5.41) is 19.8. The predicted molar refractivity (Wildman–Crippen MR) is 81.4 cm³/mol. The molecule has 1 N–H and O–H groups in total. The van der Waals surface area contributed by atoms with E-state index in [0.717, 1.165) is 34.0 Å². The molecule has 0 saturated heterocycles. The van der Waals surface area contributed by atoms with Crippen LogP contribution in [-0.4, -0.2) is 32.2 Å². The molecule has 3 rings (SSSR count). The molecule has 6 heteroatoms. The van der Waals surface area contributed by atoms with E-state index in [0.29, 0.717) is 0 Å². The number of rotatable bonds is 3. The van der Waals surface area contributed by atoms with Gasteiger partial charge in [0.05, 0.1) is 11.9 Å². The highest BCUT2D eigenvalue weighted by Gasteiger charge is 2.16. The van der Waals surface area contributed by atoms with Gasteiger partial charge in [-0.2, -0.15) is 0 Å². The molecule has 0 radical (unpaired) electrons. The van der Waals surface area contributed by atoms with Crippen molar-refractivity contribution in [3.63, 3.8) is 0 Å². The topological polar surface area (TPSA) is 68.5 Å². The van der Waals surface area contributed by atoms with Crippen LogP contribution in [-0.2, 0) is 0 Å². The van der Waals surface area contributed by atoms with Crippen LogP contribution in [0, 0.1) is 13.8 Å². The molecule has 0 fully saturated rings. The zero-order valence-electron chi connectivity index (χ0n) is 12.2. The molecule has 0 amide bonds. The van der Waals surface area contributed by atoms with E-state index < -0.39 is 0 Å². The molecule has 0 atom stereocenters. The van der Waals surface area contributed by atoms with Gasteiger partial charge in [0.2, 0.25) is 0 Å². The zero-order valence-corrected chi connectivity index (χ0v) is 12.2. The summed E-state index contributed by atoms with van der Waals surface area (Å²) in [6.07, 6.45) is 1.71. The number of nitrogens with one attached hydrogen (secondary N) is 1. The highest BCUT2D eigenvalue weighted by molar-refractivity contribution is 5.64. The van der Waals surface area contributed by atoms with E-state index in [1.165, 1.54) is 0 Å². The molecule has 1 aromatic carbocycles. The quantitative estimate of drug-likeness (QED) is 0.797. The smallest absolute Gasteiger partial charge is 0.151 e. The second kappa shape index (κ2) is 5.32. The number of anilines is 1. The van der Waals surface area contributed by atoms with Crippen LogP contribution in [0.1, 0.15) is 11.1 Å². The summed E-state index contributed by atoms with van der Waals surface area (Å²) in [6, 6.07) is 9.87. The predicted octanol–water partition coefficient (Wildman–Crippen LogP) is 2.38. The van der Waals surface area contributed by atoms with Gasteiger partial charge < -0.3 is 5.32 Å². The average molecular weight is 280 g/mol. The molecular formula is C15H16N6. The first-order valence-electron chi connectivity index (χ1n) is 6.70. The Bertz CT molecular complexity index is 763. The van der Waals surface area contributed by atoms with Crippen LogP contribution in [0.5, 0.6) is 0 Å². The molecule has 6 nitrogen and oxygen atoms in total. The molecule has 0 unspecified atom stereocenters. The van der Waals surface area contributed by atoms with Crippen molar-refractivity contribution in [3.8, 4) is 17.1 Å². The highest BCUT2D eigenvalue weighted by Crippen LogP contribution is 2.26. The third-order valence-corrected chi connectivity index (χ3v) is 3.55. The minimum absolute atomic E-state index is 0.787. The maximum Gasteiger partial charge on any atom is 0.151 e. The fourth-order valence-electron chi connectivity index (χ4n) is 2.24. The second-order valence-electron chi connectivity index (χ2n) is 4.76. The summed E-state index contributed by atoms with van der Waals surface area (Å²) >= 11 is 0. The van der Waals surface area contributed by atoms with Crippen molar-refractivity contribution in [2.75, 3.05) is 12.4 Å². The lowest BCUT2D eigenvalue weighted by atomic mass is 10.1. The summed E-state index contributed by atoms with van der Waals surface area (Å²) in [4.78, 5) is 0. The van der Waals surface area contributed by atoms with Gasteiger partial charge >= 0.3 is 0 Å². The average Bonchev–Trinajstić information content (AvgIpc) is 3.00. The fourth-order valence-corrected chi connectivity index (χ4v) is 2.24. The van der Waals surface area contributed by atoms with Crippen molar-refractivity contribution >= 4 is 5.82 Å². The third-order valence-electron chi connectivity index (χ3n) is 3.55. The first-order valence-corrected chi connectivity index (χ1v) is 6.70. The summed E-state index contributed by atoms with van der Waals surface area (Å²) < 4.78 is 1.77. The molecule has 0 bridgehead atoms. The molecule has 3 aromatic rings. The van der Waals surface area contributed by atoms with Gasteiger partial charge in [-0.3, -0.25) is 0 Å². The van der Waals surface area contributed by atoms with E-state index in [-0.39, 0.29) is 0 Å². The Morgan fingerprint density at radius 1 is 1.00 bits per heavy atom. The molecule has 0 saturated carbocycles. The molecule has 2 aromatic heterocycles. The summed E-state index contributed by atoms with van der Waals surface area (Å²) in [5.74, 6) is 0.787. The van der Waals surface area contributed by atoms with Crippen LogP contribution in [0.3, 0.4) is 0 Å². The van der Waals surface area contributed by atoms with Crippen LogP contribution in [0.4, 0.5) is 5.82 Å². The highest BCUT2D eigenvalue weighted by atomic mass is 15.4. The van der Waals surface area contributed by atoms with Gasteiger partial charge in [-0.15, -0.1) is 15.3 Å². The Labute approximate surface area is 122 Å². The number of hydrogen-bond donors (Lipinski definition) is 1.